The number of piperidine rings is 1. The van der Waals surface area contributed by atoms with Gasteiger partial charge >= 0.3 is 0 Å². The number of hydrogen-bond acceptors (Lipinski definition) is 3. The summed E-state index contributed by atoms with van der Waals surface area (Å²) in [5.41, 5.74) is 1.37. The summed E-state index contributed by atoms with van der Waals surface area (Å²) in [6.45, 7) is 3.27. The predicted molar refractivity (Wildman–Crippen MR) is 79.3 cm³/mol. The first kappa shape index (κ1) is 12.9. The van der Waals surface area contributed by atoms with Crippen LogP contribution in [0.5, 0.6) is 0 Å². The van der Waals surface area contributed by atoms with E-state index in [0.717, 1.165) is 31.1 Å². The molecule has 1 aromatic rings. The Bertz CT molecular complexity index is 452. The summed E-state index contributed by atoms with van der Waals surface area (Å²) in [5.74, 6) is 2.16. The Labute approximate surface area is 121 Å². The van der Waals surface area contributed by atoms with Crippen molar-refractivity contribution in [2.75, 3.05) is 6.54 Å². The molecular formula is C17H26N2O. The van der Waals surface area contributed by atoms with Crippen molar-refractivity contribution in [3.05, 3.63) is 23.7 Å². The maximum absolute atomic E-state index is 5.79. The molecule has 0 aromatic carbocycles. The van der Waals surface area contributed by atoms with Crippen LogP contribution < -0.4 is 5.32 Å². The molecule has 2 heterocycles. The monoisotopic (exact) mass is 274 g/mol. The van der Waals surface area contributed by atoms with E-state index in [9.17, 15) is 0 Å². The van der Waals surface area contributed by atoms with Gasteiger partial charge in [-0.3, -0.25) is 4.90 Å². The molecule has 2 atom stereocenters. The van der Waals surface area contributed by atoms with Crippen molar-refractivity contribution < 1.29 is 4.42 Å². The minimum absolute atomic E-state index is 0.770. The van der Waals surface area contributed by atoms with E-state index < -0.39 is 0 Å². The SMILES string of the molecule is c1cc(CNC2CC2)c(CN2CCCC3CCCC32)o1. The van der Waals surface area contributed by atoms with Crippen LogP contribution in [0.15, 0.2) is 16.7 Å². The van der Waals surface area contributed by atoms with Crippen LogP contribution in [0.3, 0.4) is 0 Å². The van der Waals surface area contributed by atoms with Crippen molar-refractivity contribution in [3.63, 3.8) is 0 Å². The second-order valence-corrected chi connectivity index (χ2v) is 6.90. The number of likely N-dealkylation sites (tertiary alicyclic amines) is 1. The fourth-order valence-electron chi connectivity index (χ4n) is 4.14. The number of furan rings is 1. The molecule has 110 valence electrons. The van der Waals surface area contributed by atoms with E-state index in [1.807, 2.05) is 6.26 Å². The van der Waals surface area contributed by atoms with Crippen LogP contribution in [-0.4, -0.2) is 23.5 Å². The highest BCUT2D eigenvalue weighted by Crippen LogP contribution is 2.37. The molecule has 1 aliphatic heterocycles. The van der Waals surface area contributed by atoms with Gasteiger partial charge in [0.2, 0.25) is 0 Å². The Balaban J connectivity index is 1.41. The van der Waals surface area contributed by atoms with Crippen molar-refractivity contribution >= 4 is 0 Å². The molecule has 3 aliphatic rings. The zero-order valence-corrected chi connectivity index (χ0v) is 12.3. The van der Waals surface area contributed by atoms with Gasteiger partial charge in [-0.05, 0) is 57.1 Å². The van der Waals surface area contributed by atoms with Gasteiger partial charge in [-0.2, -0.15) is 0 Å². The third kappa shape index (κ3) is 2.66. The lowest BCUT2D eigenvalue weighted by Crippen LogP contribution is -2.42. The molecule has 3 nitrogen and oxygen atoms in total. The standard InChI is InChI=1S/C17H26N2O/c1-3-13-4-2-9-19(16(13)5-1)12-17-14(8-10-20-17)11-18-15-6-7-15/h8,10,13,15-16,18H,1-7,9,11-12H2. The first-order chi connectivity index (χ1) is 9.90. The summed E-state index contributed by atoms with van der Waals surface area (Å²) in [5, 5.41) is 3.60. The van der Waals surface area contributed by atoms with E-state index in [1.165, 1.54) is 62.8 Å². The summed E-state index contributed by atoms with van der Waals surface area (Å²) in [6.07, 6.45) is 11.7. The smallest absolute Gasteiger partial charge is 0.122 e. The number of nitrogens with zero attached hydrogens (tertiary/aromatic N) is 1. The quantitative estimate of drug-likeness (QED) is 0.893. The van der Waals surface area contributed by atoms with Crippen molar-refractivity contribution in [2.24, 2.45) is 5.92 Å². The summed E-state index contributed by atoms with van der Waals surface area (Å²) < 4.78 is 5.79. The molecule has 0 spiro atoms. The minimum Gasteiger partial charge on any atom is -0.468 e. The maximum Gasteiger partial charge on any atom is 0.122 e. The molecule has 1 aromatic heterocycles. The molecule has 2 aliphatic carbocycles. The van der Waals surface area contributed by atoms with E-state index in [2.05, 4.69) is 16.3 Å². The van der Waals surface area contributed by atoms with E-state index >= 15 is 0 Å². The van der Waals surface area contributed by atoms with E-state index in [4.69, 9.17) is 4.42 Å². The molecule has 3 heteroatoms. The van der Waals surface area contributed by atoms with Crippen molar-refractivity contribution in [3.8, 4) is 0 Å². The van der Waals surface area contributed by atoms with Gasteiger partial charge in [-0.1, -0.05) is 6.42 Å². The van der Waals surface area contributed by atoms with Crippen LogP contribution in [-0.2, 0) is 13.1 Å². The van der Waals surface area contributed by atoms with Gasteiger partial charge < -0.3 is 9.73 Å². The number of nitrogens with one attached hydrogen (secondary N) is 1. The van der Waals surface area contributed by atoms with Crippen molar-refractivity contribution in [2.45, 2.75) is 70.1 Å². The third-order valence-electron chi connectivity index (χ3n) is 5.45. The molecule has 3 fully saturated rings. The molecule has 0 radical (unpaired) electrons. The van der Waals surface area contributed by atoms with Crippen molar-refractivity contribution in [1.82, 2.24) is 10.2 Å². The molecule has 20 heavy (non-hydrogen) atoms. The van der Waals surface area contributed by atoms with Gasteiger partial charge in [0, 0.05) is 24.2 Å². The van der Waals surface area contributed by atoms with Gasteiger partial charge in [0.25, 0.3) is 0 Å². The van der Waals surface area contributed by atoms with Crippen LogP contribution in [0.2, 0.25) is 0 Å². The largest absolute Gasteiger partial charge is 0.468 e. The Hall–Kier alpha value is -0.800. The summed E-state index contributed by atoms with van der Waals surface area (Å²) in [7, 11) is 0. The fraction of sp³-hybridized carbons (Fsp3) is 0.765. The van der Waals surface area contributed by atoms with Gasteiger partial charge in [0.15, 0.2) is 0 Å². The first-order valence-electron chi connectivity index (χ1n) is 8.43. The molecule has 4 rings (SSSR count). The van der Waals surface area contributed by atoms with Crippen LogP contribution in [0.4, 0.5) is 0 Å². The highest BCUT2D eigenvalue weighted by molar-refractivity contribution is 5.17. The average Bonchev–Trinajstić information content (AvgIpc) is 2.99. The lowest BCUT2D eigenvalue weighted by Gasteiger charge is -2.37. The van der Waals surface area contributed by atoms with Gasteiger partial charge in [-0.15, -0.1) is 0 Å². The molecule has 1 N–H and O–H groups in total. The average molecular weight is 274 g/mol. The Morgan fingerprint density at radius 1 is 1.15 bits per heavy atom. The molecule has 2 unspecified atom stereocenters. The van der Waals surface area contributed by atoms with E-state index in [-0.39, 0.29) is 0 Å². The predicted octanol–water partition coefficient (Wildman–Crippen LogP) is 3.30. The first-order valence-corrected chi connectivity index (χ1v) is 8.43. The number of fused-ring (bicyclic) bond motifs is 1. The van der Waals surface area contributed by atoms with Crippen molar-refractivity contribution in [1.29, 1.82) is 0 Å². The van der Waals surface area contributed by atoms with E-state index in [1.54, 1.807) is 0 Å². The Morgan fingerprint density at radius 3 is 2.95 bits per heavy atom. The molecular weight excluding hydrogens is 248 g/mol. The highest BCUT2D eigenvalue weighted by atomic mass is 16.3. The fourth-order valence-corrected chi connectivity index (χ4v) is 4.14. The summed E-state index contributed by atoms with van der Waals surface area (Å²) in [4.78, 5) is 2.70. The van der Waals surface area contributed by atoms with Gasteiger partial charge in [0.1, 0.15) is 5.76 Å². The molecule has 0 bridgehead atoms. The molecule has 2 saturated carbocycles. The lowest BCUT2D eigenvalue weighted by atomic mass is 9.92. The zero-order chi connectivity index (χ0) is 13.4. The highest BCUT2D eigenvalue weighted by Gasteiger charge is 2.35. The van der Waals surface area contributed by atoms with E-state index in [0.29, 0.717) is 0 Å². The third-order valence-corrected chi connectivity index (χ3v) is 5.45. The summed E-state index contributed by atoms with van der Waals surface area (Å²) in [6, 6.07) is 3.76. The van der Waals surface area contributed by atoms with Crippen LogP contribution in [0, 0.1) is 5.92 Å². The normalized spacial score (nSPS) is 30.6. The lowest BCUT2D eigenvalue weighted by molar-refractivity contribution is 0.0975. The van der Waals surface area contributed by atoms with Crippen LogP contribution in [0.1, 0.15) is 56.3 Å². The van der Waals surface area contributed by atoms with Crippen LogP contribution >= 0.6 is 0 Å². The Kier molecular flexibility index (Phi) is 3.57. The topological polar surface area (TPSA) is 28.4 Å². The minimum atomic E-state index is 0.770. The maximum atomic E-state index is 5.79. The second-order valence-electron chi connectivity index (χ2n) is 6.90. The molecule has 1 saturated heterocycles. The van der Waals surface area contributed by atoms with Gasteiger partial charge in [0.05, 0.1) is 12.8 Å². The number of hydrogen-bond donors (Lipinski definition) is 1. The second kappa shape index (κ2) is 5.53. The molecule has 0 amide bonds. The zero-order valence-electron chi connectivity index (χ0n) is 12.3. The Morgan fingerprint density at radius 2 is 2.05 bits per heavy atom. The van der Waals surface area contributed by atoms with Gasteiger partial charge in [-0.25, -0.2) is 0 Å². The number of rotatable bonds is 5. The summed E-state index contributed by atoms with van der Waals surface area (Å²) >= 11 is 0. The van der Waals surface area contributed by atoms with Crippen LogP contribution in [0.25, 0.3) is 0 Å².